The maximum absolute atomic E-state index is 13.9. The number of nitrogens with zero attached hydrogens (tertiary/aromatic N) is 2. The number of halogens is 2. The van der Waals surface area contributed by atoms with Crippen molar-refractivity contribution in [3.05, 3.63) is 194 Å². The molecule has 56 heavy (non-hydrogen) atoms. The van der Waals surface area contributed by atoms with E-state index in [-0.39, 0.29) is 11.6 Å². The molecule has 0 fully saturated rings. The number of para-hydroxylation sites is 2. The van der Waals surface area contributed by atoms with E-state index in [1.165, 1.54) is 24.3 Å². The second-order valence-corrected chi connectivity index (χ2v) is 14.1. The van der Waals surface area contributed by atoms with Crippen molar-refractivity contribution in [1.29, 1.82) is 0 Å². The van der Waals surface area contributed by atoms with Crippen molar-refractivity contribution in [2.45, 2.75) is 0 Å². The fraction of sp³-hybridized carbons (Fsp3) is 0. The largest absolute Gasteiger partial charge is 0.456 e. The van der Waals surface area contributed by atoms with E-state index in [1.807, 2.05) is 66.7 Å². The molecule has 0 atom stereocenters. The van der Waals surface area contributed by atoms with Crippen molar-refractivity contribution < 1.29 is 17.6 Å². The van der Waals surface area contributed by atoms with Gasteiger partial charge >= 0.3 is 0 Å². The topological polar surface area (TPSA) is 32.8 Å². The SMILES string of the molecule is Fc1ccc(N(c2ccccc2)c2ccc3cc4c(cc3c2)oc2c4ccc3oc4cc5cc(N(c6ccccc6)c6ccc(F)cc6)ccc5cc4c32)cc1. The van der Waals surface area contributed by atoms with Crippen LogP contribution in [-0.4, -0.2) is 0 Å². The van der Waals surface area contributed by atoms with Crippen molar-refractivity contribution in [1.82, 2.24) is 0 Å². The summed E-state index contributed by atoms with van der Waals surface area (Å²) >= 11 is 0. The van der Waals surface area contributed by atoms with E-state index in [0.29, 0.717) is 0 Å². The third-order valence-corrected chi connectivity index (χ3v) is 10.7. The number of hydrogen-bond donors (Lipinski definition) is 0. The summed E-state index contributed by atoms with van der Waals surface area (Å²) in [5, 5.41) is 8.16. The summed E-state index contributed by atoms with van der Waals surface area (Å²) in [7, 11) is 0. The molecule has 6 heteroatoms. The zero-order valence-corrected chi connectivity index (χ0v) is 29.8. The van der Waals surface area contributed by atoms with Crippen LogP contribution in [-0.2, 0) is 0 Å². The second kappa shape index (κ2) is 12.6. The second-order valence-electron chi connectivity index (χ2n) is 14.1. The summed E-state index contributed by atoms with van der Waals surface area (Å²) in [5.74, 6) is -0.551. The molecule has 11 rings (SSSR count). The van der Waals surface area contributed by atoms with Gasteiger partial charge in [-0.1, -0.05) is 48.5 Å². The van der Waals surface area contributed by atoms with E-state index in [0.717, 1.165) is 99.5 Å². The Morgan fingerprint density at radius 2 is 0.786 bits per heavy atom. The summed E-state index contributed by atoms with van der Waals surface area (Å²) in [6.45, 7) is 0. The van der Waals surface area contributed by atoms with Gasteiger partial charge in [-0.05, 0) is 155 Å². The number of fused-ring (bicyclic) bond motifs is 9. The van der Waals surface area contributed by atoms with Gasteiger partial charge in [0.25, 0.3) is 0 Å². The van der Waals surface area contributed by atoms with Crippen LogP contribution in [0.1, 0.15) is 0 Å². The van der Waals surface area contributed by atoms with Gasteiger partial charge in [-0.15, -0.1) is 0 Å². The van der Waals surface area contributed by atoms with Gasteiger partial charge in [-0.2, -0.15) is 0 Å². The van der Waals surface area contributed by atoms with Crippen LogP contribution >= 0.6 is 0 Å². The molecular weight excluding hydrogens is 699 g/mol. The molecule has 0 aliphatic carbocycles. The molecule has 4 nitrogen and oxygen atoms in total. The van der Waals surface area contributed by atoms with Gasteiger partial charge in [0.2, 0.25) is 0 Å². The first kappa shape index (κ1) is 32.0. The lowest BCUT2D eigenvalue weighted by Gasteiger charge is -2.25. The van der Waals surface area contributed by atoms with E-state index in [2.05, 4.69) is 76.5 Å². The Balaban J connectivity index is 1.04. The van der Waals surface area contributed by atoms with Gasteiger partial charge < -0.3 is 18.6 Å². The molecule has 0 amide bonds. The van der Waals surface area contributed by atoms with Crippen LogP contribution in [0.4, 0.5) is 42.9 Å². The molecule has 0 saturated carbocycles. The maximum atomic E-state index is 13.9. The van der Waals surface area contributed by atoms with Gasteiger partial charge in [0.1, 0.15) is 34.0 Å². The fourth-order valence-electron chi connectivity index (χ4n) is 8.06. The normalized spacial score (nSPS) is 11.8. The lowest BCUT2D eigenvalue weighted by Crippen LogP contribution is -2.09. The van der Waals surface area contributed by atoms with Crippen LogP contribution in [0.15, 0.2) is 191 Å². The predicted octanol–water partition coefficient (Wildman–Crippen LogP) is 15.0. The molecule has 0 unspecified atom stereocenters. The van der Waals surface area contributed by atoms with Crippen LogP contribution in [0.2, 0.25) is 0 Å². The standard InChI is InChI=1S/C50H30F2N2O2/c51-35-13-19-39(20-14-35)53(37-7-3-1-4-8-37)41-17-11-31-27-44-43-23-24-46-49(50(43)56-47(44)29-33(31)25-41)45-28-32-12-18-42(26-34(32)30-48(45)55-46)54(38-9-5-2-6-10-38)40-21-15-36(52)16-22-40/h1-30H. The van der Waals surface area contributed by atoms with Crippen molar-refractivity contribution in [2.75, 3.05) is 9.80 Å². The highest BCUT2D eigenvalue weighted by Gasteiger charge is 2.20. The highest BCUT2D eigenvalue weighted by atomic mass is 19.1. The molecule has 0 saturated heterocycles. The molecule has 0 bridgehead atoms. The summed E-state index contributed by atoms with van der Waals surface area (Å²) in [4.78, 5) is 4.24. The molecule has 11 aromatic rings. The minimum atomic E-state index is -0.276. The minimum Gasteiger partial charge on any atom is -0.456 e. The molecule has 0 N–H and O–H groups in total. The molecule has 2 heterocycles. The Morgan fingerprint density at radius 1 is 0.321 bits per heavy atom. The molecule has 0 aliphatic heterocycles. The predicted molar refractivity (Wildman–Crippen MR) is 225 cm³/mol. The van der Waals surface area contributed by atoms with Gasteiger partial charge in [-0.25, -0.2) is 8.78 Å². The smallest absolute Gasteiger partial charge is 0.147 e. The monoisotopic (exact) mass is 728 g/mol. The Morgan fingerprint density at radius 3 is 1.32 bits per heavy atom. The summed E-state index contributed by atoms with van der Waals surface area (Å²) in [6, 6.07) is 58.7. The number of furan rings is 2. The Bertz CT molecular complexity index is 3270. The van der Waals surface area contributed by atoms with Crippen molar-refractivity contribution in [3.63, 3.8) is 0 Å². The molecule has 0 radical (unpaired) electrons. The van der Waals surface area contributed by atoms with E-state index >= 15 is 0 Å². The first-order chi connectivity index (χ1) is 27.5. The highest BCUT2D eigenvalue weighted by molar-refractivity contribution is 6.24. The van der Waals surface area contributed by atoms with E-state index < -0.39 is 0 Å². The van der Waals surface area contributed by atoms with Crippen LogP contribution in [0.25, 0.3) is 65.4 Å². The van der Waals surface area contributed by atoms with Gasteiger partial charge in [-0.3, -0.25) is 0 Å². The number of benzene rings is 9. The third-order valence-electron chi connectivity index (χ3n) is 10.7. The highest BCUT2D eigenvalue weighted by Crippen LogP contribution is 2.44. The lowest BCUT2D eigenvalue weighted by molar-refractivity contribution is 0.627. The van der Waals surface area contributed by atoms with Crippen LogP contribution in [0.5, 0.6) is 0 Å². The fourth-order valence-corrected chi connectivity index (χ4v) is 8.06. The number of hydrogen-bond acceptors (Lipinski definition) is 4. The average Bonchev–Trinajstić information content (AvgIpc) is 3.78. The first-order valence-corrected chi connectivity index (χ1v) is 18.4. The Kier molecular flexibility index (Phi) is 7.19. The van der Waals surface area contributed by atoms with Crippen LogP contribution in [0.3, 0.4) is 0 Å². The van der Waals surface area contributed by atoms with Gasteiger partial charge in [0, 0.05) is 50.3 Å². The van der Waals surface area contributed by atoms with E-state index in [1.54, 1.807) is 24.3 Å². The molecule has 2 aromatic heterocycles. The van der Waals surface area contributed by atoms with Crippen LogP contribution < -0.4 is 9.80 Å². The van der Waals surface area contributed by atoms with Gasteiger partial charge in [0.15, 0.2) is 0 Å². The van der Waals surface area contributed by atoms with E-state index in [9.17, 15) is 8.78 Å². The number of anilines is 6. The Labute approximate surface area is 319 Å². The van der Waals surface area contributed by atoms with Crippen LogP contribution in [0, 0.1) is 11.6 Å². The molecule has 0 aliphatic rings. The molecular formula is C50H30F2N2O2. The minimum absolute atomic E-state index is 0.275. The molecule has 9 aromatic carbocycles. The zero-order valence-electron chi connectivity index (χ0n) is 29.8. The van der Waals surface area contributed by atoms with Gasteiger partial charge in [0.05, 0.1) is 5.39 Å². The zero-order chi connectivity index (χ0) is 37.3. The molecule has 0 spiro atoms. The lowest BCUT2D eigenvalue weighted by atomic mass is 10.0. The van der Waals surface area contributed by atoms with Crippen molar-refractivity contribution >= 4 is 99.5 Å². The van der Waals surface area contributed by atoms with E-state index in [4.69, 9.17) is 8.83 Å². The van der Waals surface area contributed by atoms with Crippen molar-refractivity contribution in [3.8, 4) is 0 Å². The Hall–Kier alpha value is -7.44. The quantitative estimate of drug-likeness (QED) is 0.171. The number of rotatable bonds is 6. The maximum Gasteiger partial charge on any atom is 0.147 e. The summed E-state index contributed by atoms with van der Waals surface area (Å²) < 4.78 is 41.1. The third kappa shape index (κ3) is 5.26. The molecule has 266 valence electrons. The average molecular weight is 729 g/mol. The van der Waals surface area contributed by atoms with Crippen molar-refractivity contribution in [2.24, 2.45) is 0 Å². The summed E-state index contributed by atoms with van der Waals surface area (Å²) in [5.41, 5.74) is 8.66. The summed E-state index contributed by atoms with van der Waals surface area (Å²) in [6.07, 6.45) is 0. The first-order valence-electron chi connectivity index (χ1n) is 18.4.